The van der Waals surface area contributed by atoms with Crippen LogP contribution in [-0.2, 0) is 0 Å². The van der Waals surface area contributed by atoms with Gasteiger partial charge < -0.3 is 5.11 Å². The van der Waals surface area contributed by atoms with E-state index in [0.717, 1.165) is 4.47 Å². The second kappa shape index (κ2) is 3.28. The first-order valence-corrected chi connectivity index (χ1v) is 4.07. The predicted octanol–water partition coefficient (Wildman–Crippen LogP) is 2.44. The Labute approximate surface area is 77.8 Å². The number of hydrogen-bond donors (Lipinski definition) is 2. The maximum atomic E-state index is 10.5. The fraction of sp³-hybridized carbons (Fsp3) is 0. The Hall–Kier alpha value is -0.480. The molecule has 58 valence electrons. The number of benzene rings is 1. The van der Waals surface area contributed by atoms with Gasteiger partial charge in [0, 0.05) is 9.37 Å². The zero-order chi connectivity index (χ0) is 8.43. The maximum Gasteiger partial charge on any atom is 0.336 e. The number of halogens is 1. The lowest BCUT2D eigenvalue weighted by Crippen LogP contribution is -1.97. The highest BCUT2D eigenvalue weighted by atomic mass is 79.9. The van der Waals surface area contributed by atoms with E-state index in [1.807, 2.05) is 0 Å². The Morgan fingerprint density at radius 2 is 2.18 bits per heavy atom. The molecule has 0 saturated carbocycles. The minimum atomic E-state index is -0.962. The summed E-state index contributed by atoms with van der Waals surface area (Å²) >= 11 is 7.15. The Balaban J connectivity index is 3.23. The van der Waals surface area contributed by atoms with Gasteiger partial charge in [-0.05, 0) is 18.2 Å². The summed E-state index contributed by atoms with van der Waals surface area (Å²) < 4.78 is 0.743. The summed E-state index contributed by atoms with van der Waals surface area (Å²) in [5.74, 6) is -0.962. The Kier molecular flexibility index (Phi) is 2.57. The van der Waals surface area contributed by atoms with Gasteiger partial charge in [0.1, 0.15) is 0 Å². The molecule has 0 saturated heterocycles. The predicted molar refractivity (Wildman–Crippen MR) is 48.4 cm³/mol. The van der Waals surface area contributed by atoms with Crippen LogP contribution in [0, 0.1) is 0 Å². The summed E-state index contributed by atoms with van der Waals surface area (Å²) in [6.07, 6.45) is 0. The van der Waals surface area contributed by atoms with Crippen LogP contribution in [0.1, 0.15) is 10.4 Å². The maximum absolute atomic E-state index is 10.5. The van der Waals surface area contributed by atoms with Crippen molar-refractivity contribution in [2.45, 2.75) is 4.90 Å². The molecular formula is C7H5BrO2S. The zero-order valence-electron chi connectivity index (χ0n) is 5.41. The van der Waals surface area contributed by atoms with Gasteiger partial charge in [0.2, 0.25) is 0 Å². The Morgan fingerprint density at radius 3 is 2.64 bits per heavy atom. The molecule has 0 aliphatic heterocycles. The molecule has 1 rings (SSSR count). The van der Waals surface area contributed by atoms with Crippen LogP contribution < -0.4 is 0 Å². The lowest BCUT2D eigenvalue weighted by atomic mass is 10.2. The Morgan fingerprint density at radius 1 is 1.55 bits per heavy atom. The number of rotatable bonds is 1. The van der Waals surface area contributed by atoms with Crippen molar-refractivity contribution in [2.24, 2.45) is 0 Å². The van der Waals surface area contributed by atoms with E-state index in [0.29, 0.717) is 4.90 Å². The van der Waals surface area contributed by atoms with Crippen molar-refractivity contribution in [3.63, 3.8) is 0 Å². The van der Waals surface area contributed by atoms with Crippen LogP contribution in [0.3, 0.4) is 0 Å². The standard InChI is InChI=1S/C7H5BrO2S/c8-4-1-2-6(11)5(3-4)7(9)10/h1-3,11H,(H,9,10). The van der Waals surface area contributed by atoms with Gasteiger partial charge in [0.15, 0.2) is 0 Å². The number of thiol groups is 1. The van der Waals surface area contributed by atoms with Crippen LogP contribution >= 0.6 is 28.6 Å². The first-order chi connectivity index (χ1) is 5.11. The molecule has 0 radical (unpaired) electrons. The van der Waals surface area contributed by atoms with Crippen molar-refractivity contribution in [3.8, 4) is 0 Å². The molecule has 0 atom stereocenters. The molecule has 1 aromatic rings. The van der Waals surface area contributed by atoms with E-state index in [2.05, 4.69) is 28.6 Å². The minimum absolute atomic E-state index is 0.211. The first-order valence-electron chi connectivity index (χ1n) is 2.83. The zero-order valence-corrected chi connectivity index (χ0v) is 7.89. The monoisotopic (exact) mass is 232 g/mol. The Bertz CT molecular complexity index is 298. The highest BCUT2D eigenvalue weighted by molar-refractivity contribution is 9.10. The summed E-state index contributed by atoms with van der Waals surface area (Å²) in [7, 11) is 0. The molecule has 0 aromatic heterocycles. The van der Waals surface area contributed by atoms with E-state index in [1.54, 1.807) is 12.1 Å². The summed E-state index contributed by atoms with van der Waals surface area (Å²) in [5, 5.41) is 8.62. The SMILES string of the molecule is O=C(O)c1cc(Br)ccc1S. The molecule has 0 bridgehead atoms. The van der Waals surface area contributed by atoms with E-state index in [9.17, 15) is 4.79 Å². The third-order valence-electron chi connectivity index (χ3n) is 1.19. The van der Waals surface area contributed by atoms with Gasteiger partial charge in [-0.25, -0.2) is 4.79 Å². The van der Waals surface area contributed by atoms with Crippen molar-refractivity contribution in [1.29, 1.82) is 0 Å². The fourth-order valence-electron chi connectivity index (χ4n) is 0.680. The molecule has 0 aliphatic carbocycles. The highest BCUT2D eigenvalue weighted by Crippen LogP contribution is 2.19. The van der Waals surface area contributed by atoms with Gasteiger partial charge in [-0.3, -0.25) is 0 Å². The third-order valence-corrected chi connectivity index (χ3v) is 2.07. The van der Waals surface area contributed by atoms with Crippen LogP contribution in [0.15, 0.2) is 27.6 Å². The van der Waals surface area contributed by atoms with Crippen LogP contribution in [0.4, 0.5) is 0 Å². The van der Waals surface area contributed by atoms with Crippen LogP contribution in [0.5, 0.6) is 0 Å². The van der Waals surface area contributed by atoms with Crippen molar-refractivity contribution >= 4 is 34.5 Å². The number of aromatic carboxylic acids is 1. The second-order valence-corrected chi connectivity index (χ2v) is 3.36. The van der Waals surface area contributed by atoms with Gasteiger partial charge >= 0.3 is 5.97 Å². The molecule has 4 heteroatoms. The number of carbonyl (C=O) groups is 1. The van der Waals surface area contributed by atoms with Gasteiger partial charge in [-0.2, -0.15) is 0 Å². The molecule has 2 nitrogen and oxygen atoms in total. The summed E-state index contributed by atoms with van der Waals surface area (Å²) in [5.41, 5.74) is 0.211. The summed E-state index contributed by atoms with van der Waals surface area (Å²) in [4.78, 5) is 11.0. The minimum Gasteiger partial charge on any atom is -0.478 e. The summed E-state index contributed by atoms with van der Waals surface area (Å²) in [6, 6.07) is 4.90. The average molecular weight is 233 g/mol. The van der Waals surface area contributed by atoms with Gasteiger partial charge in [0.25, 0.3) is 0 Å². The van der Waals surface area contributed by atoms with Crippen LogP contribution in [-0.4, -0.2) is 11.1 Å². The molecule has 0 unspecified atom stereocenters. The largest absolute Gasteiger partial charge is 0.478 e. The third kappa shape index (κ3) is 1.97. The molecule has 11 heavy (non-hydrogen) atoms. The lowest BCUT2D eigenvalue weighted by Gasteiger charge is -1.98. The van der Waals surface area contributed by atoms with Gasteiger partial charge in [-0.1, -0.05) is 15.9 Å². The van der Waals surface area contributed by atoms with E-state index in [4.69, 9.17) is 5.11 Å². The summed E-state index contributed by atoms with van der Waals surface area (Å²) in [6.45, 7) is 0. The second-order valence-electron chi connectivity index (χ2n) is 1.97. The molecule has 1 aromatic carbocycles. The van der Waals surface area contributed by atoms with Crippen molar-refractivity contribution in [3.05, 3.63) is 28.2 Å². The van der Waals surface area contributed by atoms with Crippen molar-refractivity contribution < 1.29 is 9.90 Å². The van der Waals surface area contributed by atoms with Gasteiger partial charge in [0.05, 0.1) is 5.56 Å². The van der Waals surface area contributed by atoms with E-state index < -0.39 is 5.97 Å². The molecule has 0 aliphatic rings. The molecule has 0 spiro atoms. The molecule has 1 N–H and O–H groups in total. The van der Waals surface area contributed by atoms with Crippen molar-refractivity contribution in [1.82, 2.24) is 0 Å². The molecular weight excluding hydrogens is 228 g/mol. The normalized spacial score (nSPS) is 9.64. The molecule has 0 fully saturated rings. The number of hydrogen-bond acceptors (Lipinski definition) is 2. The van der Waals surface area contributed by atoms with E-state index >= 15 is 0 Å². The van der Waals surface area contributed by atoms with Gasteiger partial charge in [-0.15, -0.1) is 12.6 Å². The molecule has 0 heterocycles. The van der Waals surface area contributed by atoms with Crippen LogP contribution in [0.25, 0.3) is 0 Å². The quantitative estimate of drug-likeness (QED) is 0.731. The highest BCUT2D eigenvalue weighted by Gasteiger charge is 2.06. The topological polar surface area (TPSA) is 37.3 Å². The lowest BCUT2D eigenvalue weighted by molar-refractivity contribution is 0.0693. The van der Waals surface area contributed by atoms with E-state index in [-0.39, 0.29) is 5.56 Å². The number of carboxylic acids is 1. The number of carboxylic acid groups (broad SMARTS) is 1. The molecule has 0 amide bonds. The smallest absolute Gasteiger partial charge is 0.336 e. The average Bonchev–Trinajstić information content (AvgIpc) is 1.94. The fourth-order valence-corrected chi connectivity index (χ4v) is 1.28. The van der Waals surface area contributed by atoms with Crippen molar-refractivity contribution in [2.75, 3.05) is 0 Å². The van der Waals surface area contributed by atoms with E-state index in [1.165, 1.54) is 6.07 Å². The van der Waals surface area contributed by atoms with Crippen LogP contribution in [0.2, 0.25) is 0 Å². The first kappa shape index (κ1) is 8.62.